The lowest BCUT2D eigenvalue weighted by Gasteiger charge is -2.41. The molecule has 0 aromatic heterocycles. The van der Waals surface area contributed by atoms with E-state index >= 15 is 0 Å². The van der Waals surface area contributed by atoms with Crippen LogP contribution in [-0.2, 0) is 9.59 Å². The van der Waals surface area contributed by atoms with Crippen molar-refractivity contribution in [3.63, 3.8) is 0 Å². The molecule has 0 radical (unpaired) electrons. The van der Waals surface area contributed by atoms with E-state index in [1.807, 2.05) is 48.5 Å². The molecule has 0 bridgehead atoms. The third-order valence-corrected chi connectivity index (χ3v) is 5.57. The number of unbranched alkanes of at least 4 members (excludes halogenated alkanes) is 1. The Kier molecular flexibility index (Phi) is 7.33. The molecule has 2 aromatic rings. The Morgan fingerprint density at radius 1 is 1.03 bits per heavy atom. The van der Waals surface area contributed by atoms with Crippen LogP contribution in [0.15, 0.2) is 48.5 Å². The third kappa shape index (κ3) is 4.75. The van der Waals surface area contributed by atoms with Crippen LogP contribution < -0.4 is 19.7 Å². The summed E-state index contributed by atoms with van der Waals surface area (Å²) in [6.45, 7) is 2.74. The third-order valence-electron chi connectivity index (χ3n) is 5.57. The van der Waals surface area contributed by atoms with Gasteiger partial charge < -0.3 is 19.7 Å². The number of benzene rings is 2. The zero-order chi connectivity index (χ0) is 21.5. The fraction of sp³-hybridized carbons (Fsp3) is 0.417. The van der Waals surface area contributed by atoms with Crippen LogP contribution >= 0.6 is 0 Å². The summed E-state index contributed by atoms with van der Waals surface area (Å²) in [5, 5.41) is 3.06. The maximum Gasteiger partial charge on any atom is 0.227 e. The van der Waals surface area contributed by atoms with Crippen molar-refractivity contribution in [3.8, 4) is 11.5 Å². The number of piperidine rings is 1. The van der Waals surface area contributed by atoms with Crippen LogP contribution in [-0.4, -0.2) is 32.6 Å². The highest BCUT2D eigenvalue weighted by Gasteiger charge is 2.41. The Bertz CT molecular complexity index is 849. The molecule has 6 nitrogen and oxygen atoms in total. The summed E-state index contributed by atoms with van der Waals surface area (Å²) in [6, 6.07) is 14.6. The van der Waals surface area contributed by atoms with Gasteiger partial charge in [-0.05, 0) is 54.8 Å². The predicted molar refractivity (Wildman–Crippen MR) is 117 cm³/mol. The lowest BCUT2D eigenvalue weighted by molar-refractivity contribution is -0.129. The second kappa shape index (κ2) is 10.1. The Morgan fingerprint density at radius 2 is 1.63 bits per heavy atom. The minimum absolute atomic E-state index is 0.00437. The van der Waals surface area contributed by atoms with Crippen molar-refractivity contribution < 1.29 is 19.1 Å². The second-order valence-corrected chi connectivity index (χ2v) is 7.47. The summed E-state index contributed by atoms with van der Waals surface area (Å²) < 4.78 is 10.5. The van der Waals surface area contributed by atoms with Gasteiger partial charge in [-0.3, -0.25) is 9.59 Å². The van der Waals surface area contributed by atoms with E-state index in [9.17, 15) is 9.59 Å². The molecule has 1 N–H and O–H groups in total. The number of carbonyl (C=O) groups is 2. The lowest BCUT2D eigenvalue weighted by atomic mass is 9.83. The van der Waals surface area contributed by atoms with Gasteiger partial charge in [0, 0.05) is 18.7 Å². The average molecular weight is 411 g/mol. The first-order chi connectivity index (χ1) is 14.6. The molecule has 0 saturated carbocycles. The van der Waals surface area contributed by atoms with E-state index in [0.717, 1.165) is 35.6 Å². The standard InChI is InChI=1S/C24H30N2O4/c1-4-5-16-25-24(28)21-14-15-22(27)26(18-8-12-20(30-3)13-9-18)23(21)17-6-10-19(29-2)11-7-17/h6-13,21,23H,4-5,14-16H2,1-3H3,(H,25,28)/t21-,23+/m0/s1. The number of methoxy groups -OCH3 is 2. The van der Waals surface area contributed by atoms with Crippen molar-refractivity contribution >= 4 is 17.5 Å². The van der Waals surface area contributed by atoms with Crippen molar-refractivity contribution in [1.82, 2.24) is 5.32 Å². The van der Waals surface area contributed by atoms with Gasteiger partial charge in [0.2, 0.25) is 11.8 Å². The summed E-state index contributed by atoms with van der Waals surface area (Å²) in [6.07, 6.45) is 2.82. The summed E-state index contributed by atoms with van der Waals surface area (Å²) >= 11 is 0. The molecule has 0 aliphatic carbocycles. The lowest BCUT2D eigenvalue weighted by Crippen LogP contribution is -2.48. The topological polar surface area (TPSA) is 67.9 Å². The zero-order valence-corrected chi connectivity index (χ0v) is 17.9. The molecule has 2 aromatic carbocycles. The largest absolute Gasteiger partial charge is 0.497 e. The molecule has 0 spiro atoms. The molecule has 1 aliphatic heterocycles. The van der Waals surface area contributed by atoms with Crippen LogP contribution in [0.25, 0.3) is 0 Å². The molecular weight excluding hydrogens is 380 g/mol. The van der Waals surface area contributed by atoms with Gasteiger partial charge >= 0.3 is 0 Å². The van der Waals surface area contributed by atoms with E-state index in [1.165, 1.54) is 0 Å². The predicted octanol–water partition coefficient (Wildman–Crippen LogP) is 4.10. The number of nitrogens with zero attached hydrogens (tertiary/aromatic N) is 1. The summed E-state index contributed by atoms with van der Waals surface area (Å²) in [5.41, 5.74) is 1.67. The normalized spacial score (nSPS) is 18.8. The van der Waals surface area contributed by atoms with Gasteiger partial charge in [-0.15, -0.1) is 0 Å². The molecular formula is C24H30N2O4. The van der Waals surface area contributed by atoms with Crippen molar-refractivity contribution in [2.75, 3.05) is 25.7 Å². The van der Waals surface area contributed by atoms with Crippen LogP contribution in [0.1, 0.15) is 44.2 Å². The molecule has 1 saturated heterocycles. The van der Waals surface area contributed by atoms with Crippen molar-refractivity contribution in [1.29, 1.82) is 0 Å². The number of ether oxygens (including phenoxy) is 2. The summed E-state index contributed by atoms with van der Waals surface area (Å²) in [4.78, 5) is 27.9. The molecule has 160 valence electrons. The number of carbonyl (C=O) groups excluding carboxylic acids is 2. The zero-order valence-electron chi connectivity index (χ0n) is 17.9. The van der Waals surface area contributed by atoms with E-state index in [1.54, 1.807) is 19.1 Å². The Hall–Kier alpha value is -3.02. The fourth-order valence-electron chi connectivity index (χ4n) is 3.92. The van der Waals surface area contributed by atoms with Gasteiger partial charge in [0.15, 0.2) is 0 Å². The first kappa shape index (κ1) is 21.7. The Morgan fingerprint density at radius 3 is 2.20 bits per heavy atom. The highest BCUT2D eigenvalue weighted by Crippen LogP contribution is 2.40. The van der Waals surface area contributed by atoms with Gasteiger partial charge in [-0.2, -0.15) is 0 Å². The molecule has 1 fully saturated rings. The number of hydrogen-bond acceptors (Lipinski definition) is 4. The maximum atomic E-state index is 13.1. The minimum atomic E-state index is -0.382. The molecule has 0 unspecified atom stereocenters. The number of nitrogens with one attached hydrogen (secondary N) is 1. The first-order valence-electron chi connectivity index (χ1n) is 10.5. The van der Waals surface area contributed by atoms with Crippen molar-refractivity contribution in [2.24, 2.45) is 5.92 Å². The van der Waals surface area contributed by atoms with Gasteiger partial charge in [0.25, 0.3) is 0 Å². The van der Waals surface area contributed by atoms with Gasteiger partial charge in [0.1, 0.15) is 11.5 Å². The van der Waals surface area contributed by atoms with Crippen molar-refractivity contribution in [2.45, 2.75) is 38.6 Å². The molecule has 3 rings (SSSR count). The van der Waals surface area contributed by atoms with E-state index in [0.29, 0.717) is 19.4 Å². The first-order valence-corrected chi connectivity index (χ1v) is 10.5. The molecule has 1 heterocycles. The molecule has 2 amide bonds. The van der Waals surface area contributed by atoms with E-state index in [2.05, 4.69) is 12.2 Å². The van der Waals surface area contributed by atoms with Crippen LogP contribution in [0, 0.1) is 5.92 Å². The van der Waals surface area contributed by atoms with Crippen molar-refractivity contribution in [3.05, 3.63) is 54.1 Å². The van der Waals surface area contributed by atoms with Gasteiger partial charge in [-0.25, -0.2) is 0 Å². The van der Waals surface area contributed by atoms with Crippen LogP contribution in [0.4, 0.5) is 5.69 Å². The quantitative estimate of drug-likeness (QED) is 0.665. The van der Waals surface area contributed by atoms with Crippen LogP contribution in [0.5, 0.6) is 11.5 Å². The SMILES string of the molecule is CCCCNC(=O)[C@H]1CCC(=O)N(c2ccc(OC)cc2)[C@@H]1c1ccc(OC)cc1. The van der Waals surface area contributed by atoms with E-state index in [4.69, 9.17) is 9.47 Å². The molecule has 2 atom stereocenters. The van der Waals surface area contributed by atoms with Crippen LogP contribution in [0.2, 0.25) is 0 Å². The minimum Gasteiger partial charge on any atom is -0.497 e. The number of rotatable bonds is 8. The summed E-state index contributed by atoms with van der Waals surface area (Å²) in [5.74, 6) is 1.14. The number of hydrogen-bond donors (Lipinski definition) is 1. The fourth-order valence-corrected chi connectivity index (χ4v) is 3.92. The van der Waals surface area contributed by atoms with Crippen LogP contribution in [0.3, 0.4) is 0 Å². The van der Waals surface area contributed by atoms with E-state index in [-0.39, 0.29) is 23.8 Å². The highest BCUT2D eigenvalue weighted by atomic mass is 16.5. The molecule has 30 heavy (non-hydrogen) atoms. The average Bonchev–Trinajstić information content (AvgIpc) is 2.79. The monoisotopic (exact) mass is 410 g/mol. The number of anilines is 1. The Balaban J connectivity index is 1.99. The summed E-state index contributed by atoms with van der Waals surface area (Å²) in [7, 11) is 3.23. The Labute approximate surface area is 178 Å². The van der Waals surface area contributed by atoms with Gasteiger partial charge in [-0.1, -0.05) is 25.5 Å². The smallest absolute Gasteiger partial charge is 0.227 e. The highest BCUT2D eigenvalue weighted by molar-refractivity contribution is 5.97. The molecule has 6 heteroatoms. The van der Waals surface area contributed by atoms with Gasteiger partial charge in [0.05, 0.1) is 26.2 Å². The maximum absolute atomic E-state index is 13.1. The van der Waals surface area contributed by atoms with E-state index < -0.39 is 0 Å². The second-order valence-electron chi connectivity index (χ2n) is 7.47. The number of amides is 2. The molecule has 1 aliphatic rings.